The minimum Gasteiger partial charge on any atom is -0.444 e. The standard InChI is InChI=1S/C17H20FN5O2/c1-17(2,3)25-16(24)22-8-4-5-11(10-22)23-15-12(9-19)13(18)6-7-14(15)20-21-23/h6-7,11H,4-5,8,10H2,1-3H3. The zero-order valence-corrected chi connectivity index (χ0v) is 14.5. The molecule has 1 aromatic carbocycles. The summed E-state index contributed by atoms with van der Waals surface area (Å²) in [5.41, 5.74) is 0.198. The van der Waals surface area contributed by atoms with Gasteiger partial charge in [-0.2, -0.15) is 5.26 Å². The maximum Gasteiger partial charge on any atom is 0.410 e. The Hall–Kier alpha value is -2.69. The van der Waals surface area contributed by atoms with Crippen molar-refractivity contribution in [3.8, 4) is 6.07 Å². The van der Waals surface area contributed by atoms with Crippen LogP contribution in [0.5, 0.6) is 0 Å². The molecule has 7 nitrogen and oxygen atoms in total. The molecular formula is C17H20FN5O2. The van der Waals surface area contributed by atoms with E-state index >= 15 is 0 Å². The van der Waals surface area contributed by atoms with E-state index in [2.05, 4.69) is 10.3 Å². The lowest BCUT2D eigenvalue weighted by atomic mass is 10.1. The Morgan fingerprint density at radius 3 is 2.88 bits per heavy atom. The van der Waals surface area contributed by atoms with Crippen molar-refractivity contribution in [2.45, 2.75) is 45.3 Å². The van der Waals surface area contributed by atoms with E-state index in [1.54, 1.807) is 9.58 Å². The molecule has 2 aromatic rings. The number of benzene rings is 1. The molecule has 0 bridgehead atoms. The number of hydrogen-bond donors (Lipinski definition) is 0. The van der Waals surface area contributed by atoms with Gasteiger partial charge >= 0.3 is 6.09 Å². The molecule has 0 saturated carbocycles. The van der Waals surface area contributed by atoms with Crippen molar-refractivity contribution in [3.63, 3.8) is 0 Å². The zero-order chi connectivity index (χ0) is 18.2. The number of amides is 1. The van der Waals surface area contributed by atoms with E-state index in [9.17, 15) is 14.4 Å². The highest BCUT2D eigenvalue weighted by Crippen LogP contribution is 2.28. The van der Waals surface area contributed by atoms with Crippen molar-refractivity contribution >= 4 is 17.1 Å². The number of nitriles is 1. The van der Waals surface area contributed by atoms with Gasteiger partial charge in [0.15, 0.2) is 0 Å². The van der Waals surface area contributed by atoms with Crippen molar-refractivity contribution in [3.05, 3.63) is 23.5 Å². The van der Waals surface area contributed by atoms with Gasteiger partial charge in [-0.3, -0.25) is 0 Å². The average Bonchev–Trinajstić information content (AvgIpc) is 2.97. The fourth-order valence-electron chi connectivity index (χ4n) is 3.02. The maximum atomic E-state index is 14.0. The molecule has 8 heteroatoms. The summed E-state index contributed by atoms with van der Waals surface area (Å²) in [6, 6.07) is 4.43. The van der Waals surface area contributed by atoms with E-state index < -0.39 is 11.4 Å². The second-order valence-corrected chi connectivity index (χ2v) is 7.16. The molecule has 132 valence electrons. The fourth-order valence-corrected chi connectivity index (χ4v) is 3.02. The number of carbonyl (C=O) groups excluding carboxylic acids is 1. The highest BCUT2D eigenvalue weighted by molar-refractivity contribution is 5.81. The van der Waals surface area contributed by atoms with E-state index in [1.807, 2.05) is 26.8 Å². The summed E-state index contributed by atoms with van der Waals surface area (Å²) in [6.07, 6.45) is 1.15. The van der Waals surface area contributed by atoms with E-state index in [1.165, 1.54) is 12.1 Å². The predicted molar refractivity (Wildman–Crippen MR) is 88.3 cm³/mol. The first-order valence-corrected chi connectivity index (χ1v) is 8.21. The van der Waals surface area contributed by atoms with Crippen LogP contribution in [0.4, 0.5) is 9.18 Å². The third-order valence-electron chi connectivity index (χ3n) is 4.09. The van der Waals surface area contributed by atoms with Crippen LogP contribution in [0, 0.1) is 17.1 Å². The van der Waals surface area contributed by atoms with Gasteiger partial charge in [0.25, 0.3) is 0 Å². The summed E-state index contributed by atoms with van der Waals surface area (Å²) >= 11 is 0. The third kappa shape index (κ3) is 3.40. The first kappa shape index (κ1) is 17.1. The first-order chi connectivity index (χ1) is 11.8. The molecule has 1 saturated heterocycles. The summed E-state index contributed by atoms with van der Waals surface area (Å²) in [5, 5.41) is 17.4. The van der Waals surface area contributed by atoms with E-state index in [4.69, 9.17) is 4.74 Å². The summed E-state index contributed by atoms with van der Waals surface area (Å²) in [6.45, 7) is 6.43. The Morgan fingerprint density at radius 1 is 1.44 bits per heavy atom. The van der Waals surface area contributed by atoms with Gasteiger partial charge in [-0.25, -0.2) is 13.9 Å². The summed E-state index contributed by atoms with van der Waals surface area (Å²) < 4.78 is 20.9. The normalized spacial score (nSPS) is 18.2. The van der Waals surface area contributed by atoms with Gasteiger partial charge in [0.05, 0.1) is 6.04 Å². The molecule has 0 aliphatic carbocycles. The zero-order valence-electron chi connectivity index (χ0n) is 14.5. The van der Waals surface area contributed by atoms with Crippen LogP contribution in [0.25, 0.3) is 11.0 Å². The highest BCUT2D eigenvalue weighted by atomic mass is 19.1. The number of halogens is 1. The summed E-state index contributed by atoms with van der Waals surface area (Å²) in [5.74, 6) is -0.599. The molecule has 0 radical (unpaired) electrons. The van der Waals surface area contributed by atoms with E-state index in [-0.39, 0.29) is 17.7 Å². The Morgan fingerprint density at radius 2 is 2.20 bits per heavy atom. The lowest BCUT2D eigenvalue weighted by molar-refractivity contribution is 0.0168. The minimum atomic E-state index is -0.599. The molecule has 1 aliphatic heterocycles. The van der Waals surface area contributed by atoms with Crippen molar-refractivity contribution in [1.29, 1.82) is 5.26 Å². The van der Waals surface area contributed by atoms with Gasteiger partial charge in [-0.1, -0.05) is 5.21 Å². The van der Waals surface area contributed by atoms with Crippen LogP contribution in [0.15, 0.2) is 12.1 Å². The molecule has 1 amide bonds. The third-order valence-corrected chi connectivity index (χ3v) is 4.09. The molecule has 0 spiro atoms. The van der Waals surface area contributed by atoms with Crippen molar-refractivity contribution in [2.75, 3.05) is 13.1 Å². The van der Waals surface area contributed by atoms with Gasteiger partial charge in [-0.05, 0) is 45.7 Å². The number of fused-ring (bicyclic) bond motifs is 1. The molecule has 2 heterocycles. The second kappa shape index (κ2) is 6.31. The van der Waals surface area contributed by atoms with E-state index in [0.717, 1.165) is 12.8 Å². The van der Waals surface area contributed by atoms with Crippen molar-refractivity contribution in [1.82, 2.24) is 19.9 Å². The van der Waals surface area contributed by atoms with Crippen LogP contribution < -0.4 is 0 Å². The number of nitrogens with zero attached hydrogens (tertiary/aromatic N) is 5. The Kier molecular flexibility index (Phi) is 4.33. The number of rotatable bonds is 1. The molecule has 1 aliphatic rings. The minimum absolute atomic E-state index is 0.0723. The SMILES string of the molecule is CC(C)(C)OC(=O)N1CCCC(n2nnc3ccc(F)c(C#N)c32)C1. The molecule has 3 rings (SSSR count). The first-order valence-electron chi connectivity index (χ1n) is 8.21. The van der Waals surface area contributed by atoms with E-state index in [0.29, 0.717) is 24.1 Å². The van der Waals surface area contributed by atoms with Gasteiger partial charge in [0.2, 0.25) is 0 Å². The predicted octanol–water partition coefficient (Wildman–Crippen LogP) is 3.01. The quantitative estimate of drug-likeness (QED) is 0.793. The molecule has 1 unspecified atom stereocenters. The van der Waals surface area contributed by atoms with Gasteiger partial charge < -0.3 is 9.64 Å². The number of ether oxygens (including phenoxy) is 1. The molecule has 25 heavy (non-hydrogen) atoms. The molecule has 1 atom stereocenters. The highest BCUT2D eigenvalue weighted by Gasteiger charge is 2.30. The summed E-state index contributed by atoms with van der Waals surface area (Å²) in [4.78, 5) is 13.9. The van der Waals surface area contributed by atoms with Crippen LogP contribution >= 0.6 is 0 Å². The Bertz CT molecular complexity index is 849. The second-order valence-electron chi connectivity index (χ2n) is 7.16. The van der Waals surface area contributed by atoms with Crippen LogP contribution in [0.3, 0.4) is 0 Å². The Balaban J connectivity index is 1.90. The lowest BCUT2D eigenvalue weighted by Gasteiger charge is -2.34. The summed E-state index contributed by atoms with van der Waals surface area (Å²) in [7, 11) is 0. The van der Waals surface area contributed by atoms with Crippen LogP contribution in [-0.2, 0) is 4.74 Å². The largest absolute Gasteiger partial charge is 0.444 e. The van der Waals surface area contributed by atoms with Gasteiger partial charge in [0, 0.05) is 13.1 Å². The van der Waals surface area contributed by atoms with Crippen molar-refractivity contribution < 1.29 is 13.9 Å². The number of carbonyl (C=O) groups is 1. The molecule has 1 aromatic heterocycles. The maximum absolute atomic E-state index is 14.0. The van der Waals surface area contributed by atoms with Gasteiger partial charge in [-0.15, -0.1) is 5.10 Å². The fraction of sp³-hybridized carbons (Fsp3) is 0.529. The number of piperidine rings is 1. The molecule has 1 fully saturated rings. The van der Waals surface area contributed by atoms with Crippen LogP contribution in [0.1, 0.15) is 45.2 Å². The number of likely N-dealkylation sites (tertiary alicyclic amines) is 1. The van der Waals surface area contributed by atoms with Crippen LogP contribution in [0.2, 0.25) is 0 Å². The Labute approximate surface area is 145 Å². The monoisotopic (exact) mass is 345 g/mol. The van der Waals surface area contributed by atoms with Crippen LogP contribution in [-0.4, -0.2) is 44.7 Å². The van der Waals surface area contributed by atoms with Gasteiger partial charge in [0.1, 0.15) is 34.1 Å². The molecular weight excluding hydrogens is 325 g/mol. The molecule has 0 N–H and O–H groups in total. The topological polar surface area (TPSA) is 84.0 Å². The number of hydrogen-bond acceptors (Lipinski definition) is 5. The average molecular weight is 345 g/mol. The number of aromatic nitrogens is 3. The smallest absolute Gasteiger partial charge is 0.410 e. The lowest BCUT2D eigenvalue weighted by Crippen LogP contribution is -2.43. The van der Waals surface area contributed by atoms with Crippen molar-refractivity contribution in [2.24, 2.45) is 0 Å².